The Morgan fingerprint density at radius 2 is 1.96 bits per heavy atom. The van der Waals surface area contributed by atoms with Gasteiger partial charge in [-0.3, -0.25) is 9.78 Å². The quantitative estimate of drug-likeness (QED) is 0.857. The zero-order valence-corrected chi connectivity index (χ0v) is 15.3. The van der Waals surface area contributed by atoms with Crippen LogP contribution in [0, 0.1) is 0 Å². The number of nitrogens with zero attached hydrogens (tertiary/aromatic N) is 2. The van der Waals surface area contributed by atoms with E-state index in [0.717, 1.165) is 42.9 Å². The molecule has 24 heavy (non-hydrogen) atoms. The molecule has 1 aliphatic heterocycles. The number of methoxy groups -OCH3 is 1. The van der Waals surface area contributed by atoms with Crippen LogP contribution in [-0.4, -0.2) is 49.1 Å². The monoisotopic (exact) mass is 390 g/mol. The number of carbonyl (C=O) groups is 1. The lowest BCUT2D eigenvalue weighted by Crippen LogP contribution is -3.13. The number of carbonyl (C=O) groups excluding carboxylic acids is 1. The van der Waals surface area contributed by atoms with Gasteiger partial charge in [-0.25, -0.2) is 0 Å². The first kappa shape index (κ1) is 16.9. The largest absolute Gasteiger partial charge is 0.496 e. The van der Waals surface area contributed by atoms with Gasteiger partial charge in [0.05, 0.1) is 33.3 Å². The Kier molecular flexibility index (Phi) is 5.48. The third-order valence-corrected chi connectivity index (χ3v) is 4.86. The van der Waals surface area contributed by atoms with Gasteiger partial charge in [0.1, 0.15) is 12.3 Å². The van der Waals surface area contributed by atoms with Crippen LogP contribution in [0.1, 0.15) is 15.9 Å². The van der Waals surface area contributed by atoms with E-state index in [1.807, 2.05) is 17.0 Å². The number of rotatable bonds is 4. The topological polar surface area (TPSA) is 46.9 Å². The van der Waals surface area contributed by atoms with Crippen molar-refractivity contribution in [3.63, 3.8) is 0 Å². The average molecular weight is 391 g/mol. The van der Waals surface area contributed by atoms with Crippen LogP contribution in [0.2, 0.25) is 0 Å². The van der Waals surface area contributed by atoms with Crippen molar-refractivity contribution in [3.05, 3.63) is 58.3 Å². The molecule has 1 fully saturated rings. The molecule has 3 rings (SSSR count). The van der Waals surface area contributed by atoms with Crippen molar-refractivity contribution < 1.29 is 14.4 Å². The number of pyridine rings is 1. The second-order valence-corrected chi connectivity index (χ2v) is 6.83. The highest BCUT2D eigenvalue weighted by atomic mass is 79.9. The highest BCUT2D eigenvalue weighted by molar-refractivity contribution is 9.10. The van der Waals surface area contributed by atoms with Gasteiger partial charge in [0.2, 0.25) is 0 Å². The molecule has 5 nitrogen and oxygen atoms in total. The molecule has 2 aromatic rings. The average Bonchev–Trinajstić information content (AvgIpc) is 2.63. The molecule has 0 aliphatic carbocycles. The van der Waals surface area contributed by atoms with E-state index in [1.165, 1.54) is 10.5 Å². The van der Waals surface area contributed by atoms with Gasteiger partial charge in [0, 0.05) is 28.0 Å². The van der Waals surface area contributed by atoms with E-state index in [4.69, 9.17) is 4.74 Å². The Morgan fingerprint density at radius 3 is 2.62 bits per heavy atom. The third-order valence-electron chi connectivity index (χ3n) is 4.37. The molecule has 0 spiro atoms. The van der Waals surface area contributed by atoms with Crippen LogP contribution in [0.3, 0.4) is 0 Å². The summed E-state index contributed by atoms with van der Waals surface area (Å²) in [6.07, 6.45) is 3.32. The van der Waals surface area contributed by atoms with Gasteiger partial charge in [-0.1, -0.05) is 15.9 Å². The second-order valence-electron chi connectivity index (χ2n) is 5.91. The molecule has 6 heteroatoms. The molecule has 1 aromatic carbocycles. The fraction of sp³-hybridized carbons (Fsp3) is 0.333. The van der Waals surface area contributed by atoms with Gasteiger partial charge in [-0.15, -0.1) is 0 Å². The van der Waals surface area contributed by atoms with Gasteiger partial charge in [0.25, 0.3) is 5.91 Å². The fourth-order valence-corrected chi connectivity index (χ4v) is 3.44. The van der Waals surface area contributed by atoms with Crippen LogP contribution in [0.15, 0.2) is 47.2 Å². The molecule has 0 atom stereocenters. The second kappa shape index (κ2) is 7.77. The maximum absolute atomic E-state index is 12.5. The maximum Gasteiger partial charge on any atom is 0.254 e. The minimum atomic E-state index is 0.0940. The summed E-state index contributed by atoms with van der Waals surface area (Å²) in [5, 5.41) is 0. The molecule has 2 heterocycles. The van der Waals surface area contributed by atoms with Crippen molar-refractivity contribution in [1.82, 2.24) is 9.88 Å². The molecule has 0 bridgehead atoms. The zero-order chi connectivity index (χ0) is 16.9. The van der Waals surface area contributed by atoms with Crippen molar-refractivity contribution in [2.75, 3.05) is 33.3 Å². The normalized spacial score (nSPS) is 15.3. The standard InChI is InChI=1S/C18H20BrN3O2/c1-24-17-3-2-16(19)12-15(17)13-21-8-10-22(11-9-21)18(23)14-4-6-20-7-5-14/h2-7,12H,8-11,13H2,1H3/p+1. The molecule has 0 unspecified atom stereocenters. The SMILES string of the molecule is COc1ccc(Br)cc1C[NH+]1CCN(C(=O)c2ccncc2)CC1. The summed E-state index contributed by atoms with van der Waals surface area (Å²) in [4.78, 5) is 19.8. The lowest BCUT2D eigenvalue weighted by Gasteiger charge is -2.32. The number of amides is 1. The zero-order valence-electron chi connectivity index (χ0n) is 13.7. The maximum atomic E-state index is 12.5. The smallest absolute Gasteiger partial charge is 0.254 e. The van der Waals surface area contributed by atoms with E-state index in [9.17, 15) is 4.79 Å². The van der Waals surface area contributed by atoms with E-state index in [2.05, 4.69) is 27.0 Å². The fourth-order valence-electron chi connectivity index (χ4n) is 3.03. The number of piperazine rings is 1. The number of aromatic nitrogens is 1. The highest BCUT2D eigenvalue weighted by Crippen LogP contribution is 2.22. The predicted molar refractivity (Wildman–Crippen MR) is 95.2 cm³/mol. The lowest BCUT2D eigenvalue weighted by atomic mass is 10.1. The minimum absolute atomic E-state index is 0.0940. The van der Waals surface area contributed by atoms with E-state index in [1.54, 1.807) is 31.6 Å². The molecule has 1 N–H and O–H groups in total. The van der Waals surface area contributed by atoms with Crippen LogP contribution in [0.4, 0.5) is 0 Å². The molecule has 1 amide bonds. The van der Waals surface area contributed by atoms with Gasteiger partial charge in [-0.05, 0) is 30.3 Å². The number of hydrogen-bond acceptors (Lipinski definition) is 3. The first-order chi connectivity index (χ1) is 11.7. The first-order valence-electron chi connectivity index (χ1n) is 8.02. The number of halogens is 1. The number of quaternary nitrogens is 1. The number of benzene rings is 1. The van der Waals surface area contributed by atoms with Crippen LogP contribution < -0.4 is 9.64 Å². The molecular formula is C18H21BrN3O2+. The molecule has 1 saturated heterocycles. The summed E-state index contributed by atoms with van der Waals surface area (Å²) in [5.41, 5.74) is 1.90. The summed E-state index contributed by atoms with van der Waals surface area (Å²) >= 11 is 3.52. The van der Waals surface area contributed by atoms with E-state index in [-0.39, 0.29) is 5.91 Å². The molecule has 0 radical (unpaired) electrons. The van der Waals surface area contributed by atoms with E-state index >= 15 is 0 Å². The van der Waals surface area contributed by atoms with Crippen LogP contribution in [-0.2, 0) is 6.54 Å². The Hall–Kier alpha value is -1.92. The molecule has 1 aliphatic rings. The summed E-state index contributed by atoms with van der Waals surface area (Å²) in [5.74, 6) is 1.01. The number of nitrogens with one attached hydrogen (secondary N) is 1. The van der Waals surface area contributed by atoms with Gasteiger partial charge < -0.3 is 14.5 Å². The van der Waals surface area contributed by atoms with Gasteiger partial charge in [0.15, 0.2) is 0 Å². The number of hydrogen-bond donors (Lipinski definition) is 1. The summed E-state index contributed by atoms with van der Waals surface area (Å²) in [6, 6.07) is 9.63. The minimum Gasteiger partial charge on any atom is -0.496 e. The highest BCUT2D eigenvalue weighted by Gasteiger charge is 2.25. The van der Waals surface area contributed by atoms with Gasteiger partial charge in [-0.2, -0.15) is 0 Å². The summed E-state index contributed by atoms with van der Waals surface area (Å²) < 4.78 is 6.51. The molecule has 0 saturated carbocycles. The van der Waals surface area contributed by atoms with Crippen LogP contribution >= 0.6 is 15.9 Å². The van der Waals surface area contributed by atoms with Crippen molar-refractivity contribution >= 4 is 21.8 Å². The van der Waals surface area contributed by atoms with Crippen LogP contribution in [0.25, 0.3) is 0 Å². The van der Waals surface area contributed by atoms with Crippen LogP contribution in [0.5, 0.6) is 5.75 Å². The molecular weight excluding hydrogens is 370 g/mol. The number of ether oxygens (including phenoxy) is 1. The Labute approximate surface area is 150 Å². The van der Waals surface area contributed by atoms with Crippen molar-refractivity contribution in [1.29, 1.82) is 0 Å². The third kappa shape index (κ3) is 3.94. The summed E-state index contributed by atoms with van der Waals surface area (Å²) in [6.45, 7) is 4.32. The van der Waals surface area contributed by atoms with Crippen molar-refractivity contribution in [2.24, 2.45) is 0 Å². The summed E-state index contributed by atoms with van der Waals surface area (Å²) in [7, 11) is 1.70. The first-order valence-corrected chi connectivity index (χ1v) is 8.82. The lowest BCUT2D eigenvalue weighted by molar-refractivity contribution is -0.917. The Balaban J connectivity index is 1.60. The Bertz CT molecular complexity index is 701. The van der Waals surface area contributed by atoms with Gasteiger partial charge >= 0.3 is 0 Å². The Morgan fingerprint density at radius 1 is 1.25 bits per heavy atom. The van der Waals surface area contributed by atoms with E-state index in [0.29, 0.717) is 5.56 Å². The predicted octanol–water partition coefficient (Wildman–Crippen LogP) is 1.39. The van der Waals surface area contributed by atoms with E-state index < -0.39 is 0 Å². The van der Waals surface area contributed by atoms with Crippen molar-refractivity contribution in [2.45, 2.75) is 6.54 Å². The molecule has 1 aromatic heterocycles. The molecule has 126 valence electrons. The van der Waals surface area contributed by atoms with Crippen molar-refractivity contribution in [3.8, 4) is 5.75 Å².